The van der Waals surface area contributed by atoms with Gasteiger partial charge in [0.15, 0.2) is 0 Å². The minimum Gasteiger partial charge on any atom is -0.480 e. The molecule has 0 radical (unpaired) electrons. The van der Waals surface area contributed by atoms with E-state index in [0.29, 0.717) is 24.5 Å². The third-order valence-electron chi connectivity index (χ3n) is 11.7. The summed E-state index contributed by atoms with van der Waals surface area (Å²) >= 11 is 0. The highest BCUT2D eigenvalue weighted by atomic mass is 16.5. The van der Waals surface area contributed by atoms with Crippen molar-refractivity contribution >= 4 is 17.9 Å². The average molecular weight is 679 g/mol. The fourth-order valence-electron chi connectivity index (χ4n) is 8.87. The molecular weight excluding hydrogens is 612 g/mol. The molecule has 5 N–H and O–H groups in total. The quantitative estimate of drug-likeness (QED) is 0.228. The largest absolute Gasteiger partial charge is 0.480 e. The van der Waals surface area contributed by atoms with E-state index in [4.69, 9.17) is 10.2 Å². The number of hydrogen-bond acceptors (Lipinski definition) is 10. The van der Waals surface area contributed by atoms with Gasteiger partial charge in [-0.05, 0) is 153 Å². The predicted molar refractivity (Wildman–Crippen MR) is 187 cm³/mol. The summed E-state index contributed by atoms with van der Waals surface area (Å²) in [5.41, 5.74) is 0. The molecule has 6 fully saturated rings. The topological polar surface area (TPSA) is 147 Å². The number of methoxy groups -OCH3 is 1. The fraction of sp³-hybridized carbons (Fsp3) is 0.917. The Labute approximate surface area is 289 Å². The lowest BCUT2D eigenvalue weighted by molar-refractivity contribution is -0.142. The van der Waals surface area contributed by atoms with Crippen molar-refractivity contribution in [3.63, 3.8) is 0 Å². The van der Waals surface area contributed by atoms with Crippen molar-refractivity contribution in [3.8, 4) is 0 Å². The first-order valence-corrected chi connectivity index (χ1v) is 19.1. The Morgan fingerprint density at radius 3 is 1.60 bits per heavy atom. The molecule has 0 aliphatic carbocycles. The normalized spacial score (nSPS) is 31.2. The summed E-state index contributed by atoms with van der Waals surface area (Å²) < 4.78 is 4.69. The second-order valence-electron chi connectivity index (χ2n) is 15.3. The molecule has 5 atom stereocenters. The van der Waals surface area contributed by atoms with Gasteiger partial charge >= 0.3 is 17.9 Å². The van der Waals surface area contributed by atoms with Crippen molar-refractivity contribution in [2.45, 2.75) is 102 Å². The first kappa shape index (κ1) is 39.0. The van der Waals surface area contributed by atoms with Gasteiger partial charge in [-0.15, -0.1) is 0 Å². The molecule has 6 aliphatic heterocycles. The second-order valence-corrected chi connectivity index (χ2v) is 15.3. The third kappa shape index (κ3) is 13.5. The van der Waals surface area contributed by atoms with E-state index in [1.807, 2.05) is 0 Å². The lowest BCUT2D eigenvalue weighted by Gasteiger charge is -2.38. The minimum absolute atomic E-state index is 0.113. The molecule has 6 rings (SSSR count). The molecule has 6 aliphatic rings. The summed E-state index contributed by atoms with van der Waals surface area (Å²) in [6.45, 7) is 12.6. The SMILES string of the molecule is CC1CCC(C2CCN(CC(=O)O)CC2)NC1.COC(=O)CN1CCC(C2CCCN2)CC1.O=C(O)CN1CCCC(C2CCCN2)C1. The second kappa shape index (κ2) is 20.7. The van der Waals surface area contributed by atoms with E-state index < -0.39 is 11.9 Å². The van der Waals surface area contributed by atoms with Gasteiger partial charge in [-0.25, -0.2) is 0 Å². The van der Waals surface area contributed by atoms with Gasteiger partial charge < -0.3 is 30.9 Å². The van der Waals surface area contributed by atoms with Crippen LogP contribution in [0.3, 0.4) is 0 Å². The van der Waals surface area contributed by atoms with E-state index in [0.717, 1.165) is 95.4 Å². The van der Waals surface area contributed by atoms with Gasteiger partial charge in [0.05, 0.1) is 26.7 Å². The molecule has 0 aromatic rings. The lowest BCUT2D eigenvalue weighted by atomic mass is 9.83. The maximum atomic E-state index is 11.1. The Bertz CT molecular complexity index is 953. The number of carbonyl (C=O) groups excluding carboxylic acids is 1. The van der Waals surface area contributed by atoms with Gasteiger partial charge in [0.25, 0.3) is 0 Å². The number of nitrogens with zero attached hydrogens (tertiary/aromatic N) is 3. The van der Waals surface area contributed by atoms with Crippen LogP contribution in [0.25, 0.3) is 0 Å². The molecule has 0 aromatic carbocycles. The Kier molecular flexibility index (Phi) is 16.8. The third-order valence-corrected chi connectivity index (χ3v) is 11.7. The Hall–Kier alpha value is -1.83. The van der Waals surface area contributed by atoms with Crippen LogP contribution < -0.4 is 16.0 Å². The van der Waals surface area contributed by atoms with Crippen molar-refractivity contribution in [3.05, 3.63) is 0 Å². The van der Waals surface area contributed by atoms with Crippen molar-refractivity contribution in [1.82, 2.24) is 30.7 Å². The number of carboxylic acids is 2. The van der Waals surface area contributed by atoms with Crippen molar-refractivity contribution < 1.29 is 29.3 Å². The van der Waals surface area contributed by atoms with Crippen LogP contribution >= 0.6 is 0 Å². The Morgan fingerprint density at radius 1 is 0.604 bits per heavy atom. The smallest absolute Gasteiger partial charge is 0.319 e. The summed E-state index contributed by atoms with van der Waals surface area (Å²) in [7, 11) is 1.46. The number of likely N-dealkylation sites (tertiary alicyclic amines) is 3. The number of aliphatic carboxylic acids is 2. The molecule has 12 nitrogen and oxygen atoms in total. The molecule has 0 saturated carbocycles. The Balaban J connectivity index is 0.000000163. The van der Waals surface area contributed by atoms with E-state index >= 15 is 0 Å². The zero-order valence-corrected chi connectivity index (χ0v) is 29.9. The number of nitrogens with one attached hydrogen (secondary N) is 3. The number of piperidine rings is 4. The molecule has 6 heterocycles. The van der Waals surface area contributed by atoms with Crippen molar-refractivity contribution in [2.75, 3.05) is 85.6 Å². The van der Waals surface area contributed by atoms with Crippen LogP contribution in [0, 0.1) is 23.7 Å². The summed E-state index contributed by atoms with van der Waals surface area (Å²) in [6, 6.07) is 2.06. The molecule has 0 aromatic heterocycles. The van der Waals surface area contributed by atoms with Crippen molar-refractivity contribution in [1.29, 1.82) is 0 Å². The molecule has 0 bridgehead atoms. The highest BCUT2D eigenvalue weighted by molar-refractivity contribution is 5.71. The number of esters is 1. The van der Waals surface area contributed by atoms with Crippen LogP contribution in [0.4, 0.5) is 0 Å². The van der Waals surface area contributed by atoms with Gasteiger partial charge in [0, 0.05) is 24.7 Å². The van der Waals surface area contributed by atoms with Gasteiger partial charge in [-0.1, -0.05) is 6.92 Å². The molecule has 48 heavy (non-hydrogen) atoms. The van der Waals surface area contributed by atoms with Crippen LogP contribution in [0.5, 0.6) is 0 Å². The van der Waals surface area contributed by atoms with E-state index in [9.17, 15) is 14.4 Å². The maximum absolute atomic E-state index is 11.1. The Morgan fingerprint density at radius 2 is 1.12 bits per heavy atom. The van der Waals surface area contributed by atoms with E-state index in [1.54, 1.807) is 0 Å². The summed E-state index contributed by atoms with van der Waals surface area (Å²) in [6.07, 6.45) is 15.0. The lowest BCUT2D eigenvalue weighted by Crippen LogP contribution is -2.47. The van der Waals surface area contributed by atoms with Gasteiger partial charge in [-0.3, -0.25) is 29.1 Å². The number of carbonyl (C=O) groups is 3. The first-order valence-electron chi connectivity index (χ1n) is 19.1. The molecule has 276 valence electrons. The van der Waals surface area contributed by atoms with Crippen LogP contribution in [-0.4, -0.2) is 147 Å². The maximum Gasteiger partial charge on any atom is 0.319 e. The molecule has 5 unspecified atom stereocenters. The minimum atomic E-state index is -0.701. The molecular formula is C36H66N6O6. The van der Waals surface area contributed by atoms with Crippen LogP contribution in [0.15, 0.2) is 0 Å². The van der Waals surface area contributed by atoms with Gasteiger partial charge in [0.1, 0.15) is 0 Å². The first-order chi connectivity index (χ1) is 23.2. The average Bonchev–Trinajstić information content (AvgIpc) is 3.82. The molecule has 12 heteroatoms. The predicted octanol–water partition coefficient (Wildman–Crippen LogP) is 2.33. The molecule has 6 saturated heterocycles. The van der Waals surface area contributed by atoms with Crippen LogP contribution in [-0.2, 0) is 19.1 Å². The van der Waals surface area contributed by atoms with Crippen LogP contribution in [0.1, 0.15) is 84.0 Å². The number of carboxylic acid groups (broad SMARTS) is 2. The molecule has 0 amide bonds. The number of rotatable bonds is 9. The van der Waals surface area contributed by atoms with E-state index in [-0.39, 0.29) is 19.1 Å². The number of ether oxygens (including phenoxy) is 1. The summed E-state index contributed by atoms with van der Waals surface area (Å²) in [4.78, 5) is 38.8. The van der Waals surface area contributed by atoms with E-state index in [1.165, 1.54) is 71.4 Å². The van der Waals surface area contributed by atoms with Crippen LogP contribution in [0.2, 0.25) is 0 Å². The van der Waals surface area contributed by atoms with Crippen molar-refractivity contribution in [2.24, 2.45) is 23.7 Å². The fourth-order valence-corrected chi connectivity index (χ4v) is 8.87. The van der Waals surface area contributed by atoms with Gasteiger partial charge in [0.2, 0.25) is 0 Å². The van der Waals surface area contributed by atoms with Gasteiger partial charge in [-0.2, -0.15) is 0 Å². The summed E-state index contributed by atoms with van der Waals surface area (Å²) in [5.74, 6) is 1.54. The monoisotopic (exact) mass is 679 g/mol. The standard InChI is InChI=1S/C13H24N2O2.C12H22N2O2.C11H20N2O2/c1-10-2-3-12(14-8-10)11-4-6-15(7-5-11)9-13(16)17;1-16-12(15)9-14-7-4-10(5-8-14)11-3-2-6-13-11;14-11(15)8-13-6-2-3-9(7-13)10-4-1-5-12-10/h10-12,14H,2-9H2,1H3,(H,16,17);10-11,13H,2-9H2,1H3;9-10,12H,1-8H2,(H,14,15). The number of hydrogen-bond donors (Lipinski definition) is 5. The van der Waals surface area contributed by atoms with E-state index in [2.05, 4.69) is 42.3 Å². The molecule has 0 spiro atoms. The highest BCUT2D eigenvalue weighted by Gasteiger charge is 2.31. The zero-order chi connectivity index (χ0) is 34.3. The zero-order valence-electron chi connectivity index (χ0n) is 29.9. The highest BCUT2D eigenvalue weighted by Crippen LogP contribution is 2.28. The summed E-state index contributed by atoms with van der Waals surface area (Å²) in [5, 5.41) is 28.3.